The van der Waals surface area contributed by atoms with Crippen molar-refractivity contribution in [2.45, 2.75) is 13.3 Å². The van der Waals surface area contributed by atoms with Gasteiger partial charge in [0.15, 0.2) is 0 Å². The summed E-state index contributed by atoms with van der Waals surface area (Å²) in [6, 6.07) is 13.1. The molecule has 0 bridgehead atoms. The van der Waals surface area contributed by atoms with Crippen LogP contribution < -0.4 is 10.6 Å². The number of amides is 2. The number of benzene rings is 1. The zero-order valence-corrected chi connectivity index (χ0v) is 15.1. The number of rotatable bonds is 6. The van der Waals surface area contributed by atoms with Crippen LogP contribution in [0.4, 0.5) is 0 Å². The highest BCUT2D eigenvalue weighted by molar-refractivity contribution is 6.30. The summed E-state index contributed by atoms with van der Waals surface area (Å²) < 4.78 is 1.91. The second-order valence-electron chi connectivity index (χ2n) is 5.85. The molecule has 6 nitrogen and oxygen atoms in total. The summed E-state index contributed by atoms with van der Waals surface area (Å²) in [6.07, 6.45) is 2.07. The van der Waals surface area contributed by atoms with Crippen molar-refractivity contribution in [1.82, 2.24) is 20.0 Å². The van der Waals surface area contributed by atoms with E-state index in [0.29, 0.717) is 18.1 Å². The molecule has 2 N–H and O–H groups in total. The number of imidazole rings is 1. The van der Waals surface area contributed by atoms with Gasteiger partial charge in [0, 0.05) is 36.8 Å². The van der Waals surface area contributed by atoms with E-state index >= 15 is 0 Å². The van der Waals surface area contributed by atoms with Gasteiger partial charge in [-0.15, -0.1) is 0 Å². The fourth-order valence-electron chi connectivity index (χ4n) is 2.71. The number of hydrogen-bond donors (Lipinski definition) is 2. The summed E-state index contributed by atoms with van der Waals surface area (Å²) in [5, 5.41) is 6.11. The third kappa shape index (κ3) is 4.21. The van der Waals surface area contributed by atoms with Crippen LogP contribution >= 0.6 is 11.6 Å². The maximum absolute atomic E-state index is 12.4. The number of aromatic nitrogens is 2. The van der Waals surface area contributed by atoms with Crippen LogP contribution in [0.15, 0.2) is 48.7 Å². The summed E-state index contributed by atoms with van der Waals surface area (Å²) >= 11 is 5.98. The van der Waals surface area contributed by atoms with Gasteiger partial charge in [0.05, 0.1) is 17.8 Å². The van der Waals surface area contributed by atoms with E-state index in [-0.39, 0.29) is 18.2 Å². The van der Waals surface area contributed by atoms with Crippen LogP contribution in [0.2, 0.25) is 5.02 Å². The highest BCUT2D eigenvalue weighted by atomic mass is 35.5. The molecule has 7 heteroatoms. The number of halogens is 1. The molecule has 0 aliphatic heterocycles. The maximum Gasteiger partial charge on any atom is 0.226 e. The predicted octanol–water partition coefficient (Wildman–Crippen LogP) is 2.45. The van der Waals surface area contributed by atoms with E-state index in [0.717, 1.165) is 22.6 Å². The molecule has 0 fully saturated rings. The first-order chi connectivity index (χ1) is 12.5. The van der Waals surface area contributed by atoms with Gasteiger partial charge in [-0.05, 0) is 24.3 Å². The first-order valence-electron chi connectivity index (χ1n) is 8.27. The van der Waals surface area contributed by atoms with Gasteiger partial charge in [-0.3, -0.25) is 9.59 Å². The highest BCUT2D eigenvalue weighted by Gasteiger charge is 2.16. The van der Waals surface area contributed by atoms with Crippen LogP contribution in [0, 0.1) is 0 Å². The smallest absolute Gasteiger partial charge is 0.226 e. The minimum absolute atomic E-state index is 0.119. The average molecular weight is 371 g/mol. The Bertz CT molecular complexity index is 934. The SMILES string of the molecule is CC(=O)NCCNC(=O)Cc1c(-c2ccc(Cl)cc2)nc2ccccn12. The Kier molecular flexibility index (Phi) is 5.53. The molecular formula is C19H19ClN4O2. The van der Waals surface area contributed by atoms with E-state index in [9.17, 15) is 9.59 Å². The summed E-state index contributed by atoms with van der Waals surface area (Å²) in [6.45, 7) is 2.22. The van der Waals surface area contributed by atoms with E-state index in [2.05, 4.69) is 15.6 Å². The molecule has 2 amide bonds. The molecule has 0 spiro atoms. The lowest BCUT2D eigenvalue weighted by Crippen LogP contribution is -2.34. The number of carbonyl (C=O) groups excluding carboxylic acids is 2. The van der Waals surface area contributed by atoms with Crippen LogP contribution in [-0.2, 0) is 16.0 Å². The average Bonchev–Trinajstić information content (AvgIpc) is 2.98. The van der Waals surface area contributed by atoms with E-state index in [4.69, 9.17) is 11.6 Å². The van der Waals surface area contributed by atoms with Gasteiger partial charge in [0.25, 0.3) is 0 Å². The Balaban J connectivity index is 1.84. The third-order valence-corrected chi connectivity index (χ3v) is 4.15. The van der Waals surface area contributed by atoms with Crippen molar-refractivity contribution in [2.75, 3.05) is 13.1 Å². The maximum atomic E-state index is 12.4. The van der Waals surface area contributed by atoms with Crippen LogP contribution in [0.3, 0.4) is 0 Å². The monoisotopic (exact) mass is 370 g/mol. The van der Waals surface area contributed by atoms with Gasteiger partial charge in [0.2, 0.25) is 11.8 Å². The topological polar surface area (TPSA) is 75.5 Å². The lowest BCUT2D eigenvalue weighted by molar-refractivity contribution is -0.121. The fraction of sp³-hybridized carbons (Fsp3) is 0.211. The summed E-state index contributed by atoms with van der Waals surface area (Å²) in [4.78, 5) is 27.9. The van der Waals surface area contributed by atoms with E-state index < -0.39 is 0 Å². The lowest BCUT2D eigenvalue weighted by atomic mass is 10.1. The number of pyridine rings is 1. The van der Waals surface area contributed by atoms with E-state index in [1.807, 2.05) is 40.9 Å². The number of hydrogen-bond acceptors (Lipinski definition) is 3. The number of nitrogens with zero attached hydrogens (tertiary/aromatic N) is 2. The molecule has 0 saturated carbocycles. The molecule has 0 atom stereocenters. The first kappa shape index (κ1) is 17.9. The Labute approximate surface area is 156 Å². The Hall–Kier alpha value is -2.86. The molecule has 1 aromatic carbocycles. The summed E-state index contributed by atoms with van der Waals surface area (Å²) in [5.41, 5.74) is 3.24. The fourth-order valence-corrected chi connectivity index (χ4v) is 2.84. The molecule has 2 heterocycles. The van der Waals surface area contributed by atoms with Crippen LogP contribution in [-0.4, -0.2) is 34.3 Å². The second-order valence-corrected chi connectivity index (χ2v) is 6.29. The predicted molar refractivity (Wildman–Crippen MR) is 101 cm³/mol. The molecule has 0 saturated heterocycles. The Morgan fingerprint density at radius 3 is 2.54 bits per heavy atom. The minimum atomic E-state index is -0.129. The molecule has 3 aromatic rings. The van der Waals surface area contributed by atoms with Gasteiger partial charge in [-0.25, -0.2) is 4.98 Å². The molecule has 0 unspecified atom stereocenters. The lowest BCUT2D eigenvalue weighted by Gasteiger charge is -2.08. The Morgan fingerprint density at radius 2 is 1.81 bits per heavy atom. The van der Waals surface area contributed by atoms with Crippen molar-refractivity contribution in [3.05, 3.63) is 59.4 Å². The molecule has 0 radical (unpaired) electrons. The van der Waals surface area contributed by atoms with Gasteiger partial charge < -0.3 is 15.0 Å². The van der Waals surface area contributed by atoms with Gasteiger partial charge in [-0.1, -0.05) is 29.8 Å². The van der Waals surface area contributed by atoms with Crippen molar-refractivity contribution in [3.63, 3.8) is 0 Å². The summed E-state index contributed by atoms with van der Waals surface area (Å²) in [5.74, 6) is -0.248. The highest BCUT2D eigenvalue weighted by Crippen LogP contribution is 2.26. The second kappa shape index (κ2) is 8.01. The van der Waals surface area contributed by atoms with E-state index in [1.165, 1.54) is 6.92 Å². The number of nitrogens with one attached hydrogen (secondary N) is 2. The molecule has 0 aliphatic rings. The Morgan fingerprint density at radius 1 is 1.08 bits per heavy atom. The normalized spacial score (nSPS) is 10.7. The largest absolute Gasteiger partial charge is 0.355 e. The standard InChI is InChI=1S/C19H19ClN4O2/c1-13(25)21-9-10-22-18(26)12-16-19(14-5-7-15(20)8-6-14)23-17-4-2-3-11-24(16)17/h2-8,11H,9-10,12H2,1H3,(H,21,25)(H,22,26). The molecule has 0 aliphatic carbocycles. The van der Waals surface area contributed by atoms with Gasteiger partial charge in [-0.2, -0.15) is 0 Å². The third-order valence-electron chi connectivity index (χ3n) is 3.90. The van der Waals surface area contributed by atoms with Crippen molar-refractivity contribution in [1.29, 1.82) is 0 Å². The van der Waals surface area contributed by atoms with Crippen molar-refractivity contribution in [2.24, 2.45) is 0 Å². The number of carbonyl (C=O) groups is 2. The van der Waals surface area contributed by atoms with Crippen LogP contribution in [0.5, 0.6) is 0 Å². The quantitative estimate of drug-likeness (QED) is 0.654. The molecule has 26 heavy (non-hydrogen) atoms. The summed E-state index contributed by atoms with van der Waals surface area (Å²) in [7, 11) is 0. The van der Waals surface area contributed by atoms with Crippen molar-refractivity contribution < 1.29 is 9.59 Å². The van der Waals surface area contributed by atoms with Crippen LogP contribution in [0.1, 0.15) is 12.6 Å². The molecule has 134 valence electrons. The minimum Gasteiger partial charge on any atom is -0.355 e. The van der Waals surface area contributed by atoms with Crippen molar-refractivity contribution in [3.8, 4) is 11.3 Å². The number of fused-ring (bicyclic) bond motifs is 1. The molecule has 2 aromatic heterocycles. The zero-order chi connectivity index (χ0) is 18.5. The molecular weight excluding hydrogens is 352 g/mol. The van der Waals surface area contributed by atoms with Gasteiger partial charge >= 0.3 is 0 Å². The van der Waals surface area contributed by atoms with Gasteiger partial charge in [0.1, 0.15) is 5.65 Å². The van der Waals surface area contributed by atoms with Crippen LogP contribution in [0.25, 0.3) is 16.9 Å². The first-order valence-corrected chi connectivity index (χ1v) is 8.65. The zero-order valence-electron chi connectivity index (χ0n) is 14.3. The molecule has 3 rings (SSSR count). The van der Waals surface area contributed by atoms with Crippen molar-refractivity contribution >= 4 is 29.1 Å². The van der Waals surface area contributed by atoms with E-state index in [1.54, 1.807) is 12.1 Å².